The summed E-state index contributed by atoms with van der Waals surface area (Å²) in [6.45, 7) is 4.69. The van der Waals surface area contributed by atoms with Crippen molar-refractivity contribution in [1.82, 2.24) is 9.55 Å². The van der Waals surface area contributed by atoms with Gasteiger partial charge < -0.3 is 14.4 Å². The number of carbonyl (C=O) groups is 2. The third-order valence-corrected chi connectivity index (χ3v) is 3.25. The smallest absolute Gasteiger partial charge is 0.335 e. The number of hydrogen-bond donors (Lipinski definition) is 1. The molecule has 1 N–H and O–H groups in total. The molecule has 0 radical (unpaired) electrons. The maximum Gasteiger partial charge on any atom is 0.335 e. The van der Waals surface area contributed by atoms with Gasteiger partial charge in [0.25, 0.3) is 0 Å². The summed E-state index contributed by atoms with van der Waals surface area (Å²) in [6.07, 6.45) is 1.02. The Hall–Kier alpha value is -2.37. The molecule has 1 aromatic heterocycles. The summed E-state index contributed by atoms with van der Waals surface area (Å²) in [6, 6.07) is 4.88. The molecule has 0 atom stereocenters. The van der Waals surface area contributed by atoms with Gasteiger partial charge in [-0.05, 0) is 38.5 Å². The number of fused-ring (bicyclic) bond motifs is 1. The highest BCUT2D eigenvalue weighted by Gasteiger charge is 2.11. The highest BCUT2D eigenvalue weighted by molar-refractivity contribution is 5.92. The number of carboxylic acids is 1. The van der Waals surface area contributed by atoms with Crippen LogP contribution in [0.2, 0.25) is 0 Å². The van der Waals surface area contributed by atoms with Crippen LogP contribution in [0.1, 0.15) is 35.9 Å². The molecule has 6 nitrogen and oxygen atoms in total. The first kappa shape index (κ1) is 15.0. The summed E-state index contributed by atoms with van der Waals surface area (Å²) in [4.78, 5) is 26.7. The summed E-state index contributed by atoms with van der Waals surface area (Å²) in [7, 11) is 0. The number of nitrogens with zero attached hydrogens (tertiary/aromatic N) is 2. The van der Waals surface area contributed by atoms with Gasteiger partial charge in [-0.1, -0.05) is 0 Å². The van der Waals surface area contributed by atoms with E-state index in [-0.39, 0.29) is 11.5 Å². The quantitative estimate of drug-likeness (QED) is 0.826. The summed E-state index contributed by atoms with van der Waals surface area (Å²) in [5, 5.41) is 8.99. The van der Waals surface area contributed by atoms with Gasteiger partial charge in [-0.15, -0.1) is 0 Å². The lowest BCUT2D eigenvalue weighted by Gasteiger charge is -2.06. The Bertz CT molecular complexity index is 676. The van der Waals surface area contributed by atoms with Crippen LogP contribution in [0.5, 0.6) is 0 Å². The molecule has 0 aliphatic rings. The lowest BCUT2D eigenvalue weighted by atomic mass is 10.2. The van der Waals surface area contributed by atoms with Gasteiger partial charge in [0, 0.05) is 13.0 Å². The molecular formula is C15H18N2O4. The maximum atomic E-state index is 11.3. The van der Waals surface area contributed by atoms with Crippen LogP contribution >= 0.6 is 0 Å². The zero-order chi connectivity index (χ0) is 15.4. The standard InChI is InChI=1S/C15H18N2O4/c1-3-21-14(18)5-4-8-17-10(2)16-12-9-11(15(19)20)6-7-13(12)17/h6-7,9H,3-5,8H2,1-2H3,(H,19,20). The molecule has 0 unspecified atom stereocenters. The van der Waals surface area contributed by atoms with Crippen molar-refractivity contribution in [3.8, 4) is 0 Å². The fraction of sp³-hybridized carbons (Fsp3) is 0.400. The molecule has 2 aromatic rings. The van der Waals surface area contributed by atoms with Crippen molar-refractivity contribution in [2.45, 2.75) is 33.2 Å². The van der Waals surface area contributed by atoms with Crippen molar-refractivity contribution in [3.05, 3.63) is 29.6 Å². The van der Waals surface area contributed by atoms with Crippen molar-refractivity contribution in [2.24, 2.45) is 0 Å². The number of aryl methyl sites for hydroxylation is 2. The normalized spacial score (nSPS) is 10.8. The van der Waals surface area contributed by atoms with Gasteiger partial charge in [-0.3, -0.25) is 4.79 Å². The number of esters is 1. The van der Waals surface area contributed by atoms with E-state index in [0.29, 0.717) is 31.5 Å². The summed E-state index contributed by atoms with van der Waals surface area (Å²) in [5.41, 5.74) is 1.75. The second kappa shape index (κ2) is 6.39. The molecule has 6 heteroatoms. The second-order valence-corrected chi connectivity index (χ2v) is 4.73. The Kier molecular flexibility index (Phi) is 4.57. The van der Waals surface area contributed by atoms with Crippen LogP contribution < -0.4 is 0 Å². The van der Waals surface area contributed by atoms with E-state index in [0.717, 1.165) is 11.3 Å². The lowest BCUT2D eigenvalue weighted by molar-refractivity contribution is -0.143. The summed E-state index contributed by atoms with van der Waals surface area (Å²) in [5.74, 6) is -0.365. The van der Waals surface area contributed by atoms with Crippen LogP contribution in [0, 0.1) is 6.92 Å². The zero-order valence-corrected chi connectivity index (χ0v) is 12.1. The average molecular weight is 290 g/mol. The van der Waals surface area contributed by atoms with Gasteiger partial charge in [0.15, 0.2) is 0 Å². The van der Waals surface area contributed by atoms with Crippen LogP contribution in [0.4, 0.5) is 0 Å². The van der Waals surface area contributed by atoms with Crippen molar-refractivity contribution in [1.29, 1.82) is 0 Å². The highest BCUT2D eigenvalue weighted by atomic mass is 16.5. The molecule has 0 amide bonds. The van der Waals surface area contributed by atoms with Crippen LogP contribution in [0.3, 0.4) is 0 Å². The van der Waals surface area contributed by atoms with Gasteiger partial charge in [0.2, 0.25) is 0 Å². The zero-order valence-electron chi connectivity index (χ0n) is 12.1. The molecule has 0 bridgehead atoms. The molecule has 0 saturated heterocycles. The van der Waals surface area contributed by atoms with Crippen molar-refractivity contribution in [3.63, 3.8) is 0 Å². The fourth-order valence-corrected chi connectivity index (χ4v) is 2.28. The molecule has 2 rings (SSSR count). The molecule has 1 aromatic carbocycles. The Morgan fingerprint density at radius 2 is 2.14 bits per heavy atom. The first-order valence-corrected chi connectivity index (χ1v) is 6.88. The first-order chi connectivity index (χ1) is 10.0. The minimum Gasteiger partial charge on any atom is -0.478 e. The Labute approximate surface area is 122 Å². The van der Waals surface area contributed by atoms with E-state index in [1.807, 2.05) is 11.5 Å². The molecule has 0 saturated carbocycles. The van der Waals surface area contributed by atoms with E-state index in [4.69, 9.17) is 9.84 Å². The fourth-order valence-electron chi connectivity index (χ4n) is 2.28. The largest absolute Gasteiger partial charge is 0.478 e. The Morgan fingerprint density at radius 1 is 1.38 bits per heavy atom. The molecule has 0 spiro atoms. The number of benzene rings is 1. The number of carboxylic acid groups (broad SMARTS) is 1. The van der Waals surface area contributed by atoms with Crippen molar-refractivity contribution >= 4 is 23.0 Å². The number of hydrogen-bond acceptors (Lipinski definition) is 4. The number of imidazole rings is 1. The Morgan fingerprint density at radius 3 is 2.81 bits per heavy atom. The summed E-state index contributed by atoms with van der Waals surface area (Å²) < 4.78 is 6.88. The molecule has 112 valence electrons. The number of ether oxygens (including phenoxy) is 1. The molecule has 0 aliphatic heterocycles. The number of rotatable bonds is 6. The molecular weight excluding hydrogens is 272 g/mol. The van der Waals surface area contributed by atoms with Crippen molar-refractivity contribution < 1.29 is 19.4 Å². The van der Waals surface area contributed by atoms with Gasteiger partial charge in [-0.2, -0.15) is 0 Å². The van der Waals surface area contributed by atoms with Crippen LogP contribution in [-0.2, 0) is 16.1 Å². The highest BCUT2D eigenvalue weighted by Crippen LogP contribution is 2.18. The maximum absolute atomic E-state index is 11.3. The monoisotopic (exact) mass is 290 g/mol. The number of carbonyl (C=O) groups excluding carboxylic acids is 1. The topological polar surface area (TPSA) is 81.4 Å². The number of aromatic nitrogens is 2. The van der Waals surface area contributed by atoms with Gasteiger partial charge in [0.05, 0.1) is 23.2 Å². The van der Waals surface area contributed by atoms with E-state index in [2.05, 4.69) is 4.98 Å². The lowest BCUT2D eigenvalue weighted by Crippen LogP contribution is -2.07. The van der Waals surface area contributed by atoms with Gasteiger partial charge in [-0.25, -0.2) is 9.78 Å². The minimum absolute atomic E-state index is 0.201. The van der Waals surface area contributed by atoms with E-state index in [1.54, 1.807) is 25.1 Å². The SMILES string of the molecule is CCOC(=O)CCCn1c(C)nc2cc(C(=O)O)ccc21. The predicted molar refractivity (Wildman–Crippen MR) is 77.3 cm³/mol. The van der Waals surface area contributed by atoms with E-state index >= 15 is 0 Å². The molecule has 21 heavy (non-hydrogen) atoms. The molecule has 0 fully saturated rings. The van der Waals surface area contributed by atoms with E-state index in [1.165, 1.54) is 0 Å². The van der Waals surface area contributed by atoms with E-state index < -0.39 is 5.97 Å². The third-order valence-electron chi connectivity index (χ3n) is 3.25. The third kappa shape index (κ3) is 3.39. The van der Waals surface area contributed by atoms with Gasteiger partial charge >= 0.3 is 11.9 Å². The molecule has 1 heterocycles. The second-order valence-electron chi connectivity index (χ2n) is 4.73. The van der Waals surface area contributed by atoms with Crippen LogP contribution in [-0.4, -0.2) is 33.2 Å². The first-order valence-electron chi connectivity index (χ1n) is 6.88. The predicted octanol–water partition coefficient (Wildman–Crippen LogP) is 2.39. The van der Waals surface area contributed by atoms with Crippen LogP contribution in [0.25, 0.3) is 11.0 Å². The van der Waals surface area contributed by atoms with Crippen LogP contribution in [0.15, 0.2) is 18.2 Å². The average Bonchev–Trinajstić information content (AvgIpc) is 2.74. The minimum atomic E-state index is -0.966. The number of aromatic carboxylic acids is 1. The van der Waals surface area contributed by atoms with Gasteiger partial charge in [0.1, 0.15) is 5.82 Å². The Balaban J connectivity index is 2.14. The van der Waals surface area contributed by atoms with E-state index in [9.17, 15) is 9.59 Å². The van der Waals surface area contributed by atoms with Crippen molar-refractivity contribution in [2.75, 3.05) is 6.61 Å². The molecule has 0 aliphatic carbocycles. The summed E-state index contributed by atoms with van der Waals surface area (Å²) >= 11 is 0.